The van der Waals surface area contributed by atoms with E-state index in [2.05, 4.69) is 161 Å². The van der Waals surface area contributed by atoms with Gasteiger partial charge < -0.3 is 0 Å². The summed E-state index contributed by atoms with van der Waals surface area (Å²) in [5, 5.41) is 14.9. The molecule has 4 nitrogen and oxygen atoms in total. The predicted octanol–water partition coefficient (Wildman–Crippen LogP) is 8.11. The number of hydrogen-bond acceptors (Lipinski definition) is 3. The van der Waals surface area contributed by atoms with Gasteiger partial charge in [-0.15, -0.1) is 11.3 Å². The van der Waals surface area contributed by atoms with Gasteiger partial charge in [-0.25, -0.2) is 9.67 Å². The Morgan fingerprint density at radius 2 is 1.22 bits per heavy atom. The van der Waals surface area contributed by atoms with Gasteiger partial charge in [0.2, 0.25) is 0 Å². The van der Waals surface area contributed by atoms with E-state index in [1.807, 2.05) is 46.7 Å². The number of rotatable bonds is 6. The van der Waals surface area contributed by atoms with Gasteiger partial charge in [-0.05, 0) is 69.3 Å². The summed E-state index contributed by atoms with van der Waals surface area (Å²) in [6.45, 7) is 0. The molecule has 0 saturated heterocycles. The molecule has 0 N–H and O–H groups in total. The fourth-order valence-corrected chi connectivity index (χ4v) is 13.8. The Bertz CT molecular complexity index is 2770. The molecule has 0 spiro atoms. The van der Waals surface area contributed by atoms with E-state index < -0.39 is 8.07 Å². The number of fused-ring (bicyclic) bond motifs is 7. The zero-order valence-corrected chi connectivity index (χ0v) is 28.8. The Morgan fingerprint density at radius 1 is 0.500 bits per heavy atom. The van der Waals surface area contributed by atoms with Crippen LogP contribution in [0.1, 0.15) is 0 Å². The van der Waals surface area contributed by atoms with E-state index in [1.54, 1.807) is 0 Å². The molecule has 0 atom stereocenters. The standard InChI is InChI=1S/C44H30N4SSi/c1-3-14-32(15-4-1)50(33-16-5-2-6-17-33,34-18-11-13-31(29-34)47-28-12-27-46-47)35-22-23-36-37-24-25-41-43(38-19-7-8-20-40(38)49-41)44(37)48(39(36)30-35)42-21-9-10-26-45-42/h1-30H. The molecule has 4 heterocycles. The van der Waals surface area contributed by atoms with Gasteiger partial charge in [-0.1, -0.05) is 115 Å². The lowest BCUT2D eigenvalue weighted by Crippen LogP contribution is -2.74. The molecular weight excluding hydrogens is 645 g/mol. The molecule has 0 saturated carbocycles. The van der Waals surface area contributed by atoms with Crippen LogP contribution in [0, 0.1) is 0 Å². The molecule has 0 radical (unpaired) electrons. The number of pyridine rings is 1. The third-order valence-corrected chi connectivity index (χ3v) is 15.9. The second-order valence-corrected chi connectivity index (χ2v) is 17.6. The lowest BCUT2D eigenvalue weighted by Gasteiger charge is -2.34. The van der Waals surface area contributed by atoms with Crippen LogP contribution in [0.3, 0.4) is 0 Å². The van der Waals surface area contributed by atoms with Crippen LogP contribution >= 0.6 is 11.3 Å². The molecule has 50 heavy (non-hydrogen) atoms. The highest BCUT2D eigenvalue weighted by molar-refractivity contribution is 7.26. The summed E-state index contributed by atoms with van der Waals surface area (Å²) >= 11 is 1.86. The predicted molar refractivity (Wildman–Crippen MR) is 212 cm³/mol. The van der Waals surface area contributed by atoms with Gasteiger partial charge in [0.05, 0.1) is 16.7 Å². The minimum absolute atomic E-state index is 0.916. The molecular formula is C44H30N4SSi. The molecule has 4 aromatic heterocycles. The van der Waals surface area contributed by atoms with Crippen LogP contribution in [0.5, 0.6) is 0 Å². The summed E-state index contributed by atoms with van der Waals surface area (Å²) in [6.07, 6.45) is 5.75. The Balaban J connectivity index is 1.36. The third kappa shape index (κ3) is 4.29. The summed E-state index contributed by atoms with van der Waals surface area (Å²) in [5.41, 5.74) is 3.41. The molecule has 6 aromatic carbocycles. The second kappa shape index (κ2) is 11.5. The zero-order valence-electron chi connectivity index (χ0n) is 27.0. The minimum atomic E-state index is -2.89. The molecule has 0 bridgehead atoms. The molecule has 0 aliphatic rings. The van der Waals surface area contributed by atoms with Crippen LogP contribution in [0.15, 0.2) is 182 Å². The number of benzene rings is 6. The average molecular weight is 675 g/mol. The van der Waals surface area contributed by atoms with Crippen LogP contribution in [-0.2, 0) is 0 Å². The van der Waals surface area contributed by atoms with Gasteiger partial charge in [-0.2, -0.15) is 5.10 Å². The van der Waals surface area contributed by atoms with Crippen molar-refractivity contribution in [2.75, 3.05) is 0 Å². The topological polar surface area (TPSA) is 35.6 Å². The van der Waals surface area contributed by atoms with Crippen LogP contribution < -0.4 is 20.7 Å². The van der Waals surface area contributed by atoms with Crippen molar-refractivity contribution in [2.45, 2.75) is 0 Å². The Morgan fingerprint density at radius 3 is 1.98 bits per heavy atom. The smallest absolute Gasteiger partial charge is 0.179 e. The lowest BCUT2D eigenvalue weighted by atomic mass is 10.1. The van der Waals surface area contributed by atoms with Crippen molar-refractivity contribution < 1.29 is 0 Å². The van der Waals surface area contributed by atoms with Crippen molar-refractivity contribution in [3.63, 3.8) is 0 Å². The molecule has 0 amide bonds. The zero-order chi connectivity index (χ0) is 33.1. The molecule has 0 aliphatic heterocycles. The summed E-state index contributed by atoms with van der Waals surface area (Å²) in [5.74, 6) is 0.916. The fraction of sp³-hybridized carbons (Fsp3) is 0. The maximum atomic E-state index is 4.97. The minimum Gasteiger partial charge on any atom is -0.293 e. The fourth-order valence-electron chi connectivity index (χ4n) is 7.95. The molecule has 0 aliphatic carbocycles. The van der Waals surface area contributed by atoms with E-state index in [1.165, 1.54) is 57.2 Å². The maximum Gasteiger partial charge on any atom is 0.179 e. The molecule has 236 valence electrons. The van der Waals surface area contributed by atoms with E-state index in [-0.39, 0.29) is 0 Å². The van der Waals surface area contributed by atoms with Crippen molar-refractivity contribution in [1.82, 2.24) is 19.3 Å². The third-order valence-electron chi connectivity index (χ3n) is 10.0. The van der Waals surface area contributed by atoms with Crippen LogP contribution in [-0.4, -0.2) is 27.4 Å². The number of aromatic nitrogens is 4. The Labute approximate surface area is 294 Å². The van der Waals surface area contributed by atoms with Gasteiger partial charge in [0.15, 0.2) is 8.07 Å². The Kier molecular flexibility index (Phi) is 6.65. The summed E-state index contributed by atoms with van der Waals surface area (Å²) in [7, 11) is -2.89. The first-order valence-corrected chi connectivity index (χ1v) is 19.6. The van der Waals surface area contributed by atoms with Crippen molar-refractivity contribution in [1.29, 1.82) is 0 Å². The van der Waals surface area contributed by atoms with Gasteiger partial charge in [-0.3, -0.25) is 4.57 Å². The lowest BCUT2D eigenvalue weighted by molar-refractivity contribution is 0.881. The molecule has 0 fully saturated rings. The highest BCUT2D eigenvalue weighted by atomic mass is 32.1. The van der Waals surface area contributed by atoms with Crippen molar-refractivity contribution in [2.24, 2.45) is 0 Å². The molecule has 6 heteroatoms. The highest BCUT2D eigenvalue weighted by Gasteiger charge is 2.42. The Hall–Kier alpha value is -6.08. The summed E-state index contributed by atoms with van der Waals surface area (Å²) in [4.78, 5) is 4.97. The number of nitrogens with zero attached hydrogens (tertiary/aromatic N) is 4. The maximum absolute atomic E-state index is 4.97. The van der Waals surface area contributed by atoms with E-state index in [4.69, 9.17) is 4.98 Å². The van der Waals surface area contributed by atoms with Crippen LogP contribution in [0.2, 0.25) is 0 Å². The van der Waals surface area contributed by atoms with Gasteiger partial charge in [0.1, 0.15) is 5.82 Å². The van der Waals surface area contributed by atoms with Crippen LogP contribution in [0.4, 0.5) is 0 Å². The first-order valence-electron chi connectivity index (χ1n) is 16.8. The monoisotopic (exact) mass is 674 g/mol. The first-order chi connectivity index (χ1) is 24.8. The van der Waals surface area contributed by atoms with Crippen molar-refractivity contribution in [3.8, 4) is 11.5 Å². The molecule has 10 rings (SSSR count). The van der Waals surface area contributed by atoms with E-state index in [0.717, 1.165) is 17.0 Å². The van der Waals surface area contributed by atoms with E-state index >= 15 is 0 Å². The summed E-state index contributed by atoms with van der Waals surface area (Å²) in [6, 6.07) is 60.0. The quantitative estimate of drug-likeness (QED) is 0.132. The van der Waals surface area contributed by atoms with E-state index in [0.29, 0.717) is 0 Å². The molecule has 0 unspecified atom stereocenters. The highest BCUT2D eigenvalue weighted by Crippen LogP contribution is 2.42. The van der Waals surface area contributed by atoms with Gasteiger partial charge >= 0.3 is 0 Å². The first kappa shape index (κ1) is 28.9. The van der Waals surface area contributed by atoms with Crippen molar-refractivity contribution in [3.05, 3.63) is 182 Å². The largest absolute Gasteiger partial charge is 0.293 e. The number of thiophene rings is 1. The second-order valence-electron chi connectivity index (χ2n) is 12.7. The van der Waals surface area contributed by atoms with E-state index in [9.17, 15) is 0 Å². The van der Waals surface area contributed by atoms with Crippen molar-refractivity contribution >= 4 is 82.1 Å². The molecule has 10 aromatic rings. The average Bonchev–Trinajstić information content (AvgIpc) is 3.93. The van der Waals surface area contributed by atoms with Crippen LogP contribution in [0.25, 0.3) is 53.5 Å². The SMILES string of the molecule is c1ccc([Si](c2ccccc2)(c2cccc(-n3cccn3)c2)c2ccc3c4ccc5sc6ccccc6c5c4n(-c4ccccn4)c3c2)cc1. The van der Waals surface area contributed by atoms with Gasteiger partial charge in [0, 0.05) is 49.5 Å². The number of hydrogen-bond donors (Lipinski definition) is 0. The summed E-state index contributed by atoms with van der Waals surface area (Å²) < 4.78 is 6.94. The van der Waals surface area contributed by atoms with Gasteiger partial charge in [0.25, 0.3) is 0 Å². The normalized spacial score (nSPS) is 12.0.